The number of aliphatic carboxylic acids is 1. The number of nitro benzene ring substituents is 1. The molecule has 0 saturated heterocycles. The van der Waals surface area contributed by atoms with Gasteiger partial charge in [-0.15, -0.1) is 0 Å². The minimum absolute atomic E-state index is 0.0903. The number of carbonyl (C=O) groups is 1. The van der Waals surface area contributed by atoms with Crippen LogP contribution < -0.4 is 0 Å². The van der Waals surface area contributed by atoms with Gasteiger partial charge in [0.2, 0.25) is 5.82 Å². The maximum absolute atomic E-state index is 13.1. The molecule has 1 rings (SSSR count). The first-order valence-electron chi connectivity index (χ1n) is 4.07. The predicted octanol–water partition coefficient (Wildman–Crippen LogP) is 1.67. The van der Waals surface area contributed by atoms with Gasteiger partial charge in [-0.2, -0.15) is 4.39 Å². The second kappa shape index (κ2) is 4.04. The smallest absolute Gasteiger partial charge is 0.308 e. The topological polar surface area (TPSA) is 80.4 Å². The van der Waals surface area contributed by atoms with Crippen molar-refractivity contribution in [2.24, 2.45) is 0 Å². The van der Waals surface area contributed by atoms with Crippen molar-refractivity contribution in [3.8, 4) is 0 Å². The molecule has 0 saturated carbocycles. The second-order valence-corrected chi connectivity index (χ2v) is 3.02. The van der Waals surface area contributed by atoms with Gasteiger partial charge in [0.25, 0.3) is 0 Å². The van der Waals surface area contributed by atoms with E-state index in [2.05, 4.69) is 0 Å². The lowest BCUT2D eigenvalue weighted by molar-refractivity contribution is -0.388. The molecule has 0 amide bonds. The fraction of sp³-hybridized carbons (Fsp3) is 0.222. The van der Waals surface area contributed by atoms with Crippen LogP contribution in [0.1, 0.15) is 11.1 Å². The Balaban J connectivity index is 3.38. The van der Waals surface area contributed by atoms with E-state index < -0.39 is 28.8 Å². The van der Waals surface area contributed by atoms with Gasteiger partial charge in [0, 0.05) is 5.56 Å². The van der Waals surface area contributed by atoms with Crippen molar-refractivity contribution in [2.45, 2.75) is 13.3 Å². The molecule has 0 unspecified atom stereocenters. The third kappa shape index (κ3) is 2.28. The second-order valence-electron chi connectivity index (χ2n) is 3.02. The fourth-order valence-corrected chi connectivity index (χ4v) is 1.28. The van der Waals surface area contributed by atoms with E-state index in [4.69, 9.17) is 5.11 Å². The highest BCUT2D eigenvalue weighted by molar-refractivity contribution is 5.73. The van der Waals surface area contributed by atoms with Gasteiger partial charge < -0.3 is 5.11 Å². The number of hydrogen-bond acceptors (Lipinski definition) is 3. The molecule has 80 valence electrons. The van der Waals surface area contributed by atoms with Crippen LogP contribution in [0.4, 0.5) is 10.1 Å². The summed E-state index contributed by atoms with van der Waals surface area (Å²) in [6.45, 7) is 1.50. The van der Waals surface area contributed by atoms with Crippen LogP contribution in [0.5, 0.6) is 0 Å². The highest BCUT2D eigenvalue weighted by atomic mass is 19.1. The van der Waals surface area contributed by atoms with E-state index in [1.54, 1.807) is 0 Å². The van der Waals surface area contributed by atoms with Gasteiger partial charge in [0.1, 0.15) is 0 Å². The maximum atomic E-state index is 13.1. The van der Waals surface area contributed by atoms with Gasteiger partial charge in [-0.3, -0.25) is 14.9 Å². The van der Waals surface area contributed by atoms with Gasteiger partial charge in [-0.1, -0.05) is 6.07 Å². The fourth-order valence-electron chi connectivity index (χ4n) is 1.28. The number of rotatable bonds is 3. The van der Waals surface area contributed by atoms with Crippen LogP contribution in [0.3, 0.4) is 0 Å². The average molecular weight is 213 g/mol. The summed E-state index contributed by atoms with van der Waals surface area (Å²) in [6.07, 6.45) is -0.556. The zero-order chi connectivity index (χ0) is 11.6. The quantitative estimate of drug-likeness (QED) is 0.611. The summed E-state index contributed by atoms with van der Waals surface area (Å²) in [5.74, 6) is -2.24. The molecular weight excluding hydrogens is 205 g/mol. The minimum Gasteiger partial charge on any atom is -0.481 e. The van der Waals surface area contributed by atoms with Crippen LogP contribution in [0.15, 0.2) is 12.1 Å². The largest absolute Gasteiger partial charge is 0.481 e. The highest BCUT2D eigenvalue weighted by Gasteiger charge is 2.23. The molecule has 0 aliphatic carbocycles. The molecule has 0 heterocycles. The number of carboxylic acids is 1. The zero-order valence-electron chi connectivity index (χ0n) is 7.86. The number of aryl methyl sites for hydroxylation is 1. The van der Waals surface area contributed by atoms with Gasteiger partial charge in [-0.25, -0.2) is 0 Å². The van der Waals surface area contributed by atoms with E-state index in [9.17, 15) is 19.3 Å². The van der Waals surface area contributed by atoms with E-state index in [1.807, 2.05) is 0 Å². The first-order valence-corrected chi connectivity index (χ1v) is 4.07. The summed E-state index contributed by atoms with van der Waals surface area (Å²) in [7, 11) is 0. The SMILES string of the molecule is Cc1ccc(F)c([N+](=O)[O-])c1CC(=O)O. The van der Waals surface area contributed by atoms with Crippen molar-refractivity contribution in [1.29, 1.82) is 0 Å². The lowest BCUT2D eigenvalue weighted by Crippen LogP contribution is -2.07. The van der Waals surface area contributed by atoms with Crippen molar-refractivity contribution < 1.29 is 19.2 Å². The Kier molecular flexibility index (Phi) is 2.99. The van der Waals surface area contributed by atoms with E-state index in [-0.39, 0.29) is 5.56 Å². The highest BCUT2D eigenvalue weighted by Crippen LogP contribution is 2.26. The monoisotopic (exact) mass is 213 g/mol. The maximum Gasteiger partial charge on any atom is 0.308 e. The van der Waals surface area contributed by atoms with Gasteiger partial charge >= 0.3 is 11.7 Å². The predicted molar refractivity (Wildman–Crippen MR) is 49.1 cm³/mol. The molecule has 0 bridgehead atoms. The molecule has 5 nitrogen and oxygen atoms in total. The van der Waals surface area contributed by atoms with E-state index in [0.29, 0.717) is 5.56 Å². The lowest BCUT2D eigenvalue weighted by atomic mass is 10.0. The molecule has 1 aromatic rings. The summed E-state index contributed by atoms with van der Waals surface area (Å²) < 4.78 is 13.1. The zero-order valence-corrected chi connectivity index (χ0v) is 7.86. The van der Waals surface area contributed by atoms with Crippen molar-refractivity contribution in [1.82, 2.24) is 0 Å². The molecule has 0 radical (unpaired) electrons. The normalized spacial score (nSPS) is 10.0. The molecule has 1 aromatic carbocycles. The standard InChI is InChI=1S/C9H8FNO4/c1-5-2-3-7(10)9(11(14)15)6(5)4-8(12)13/h2-3H,4H2,1H3,(H,12,13). The van der Waals surface area contributed by atoms with Crippen LogP contribution in [-0.2, 0) is 11.2 Å². The van der Waals surface area contributed by atoms with Gasteiger partial charge in [0.15, 0.2) is 0 Å². The first kappa shape index (κ1) is 11.1. The summed E-state index contributed by atoms with van der Waals surface area (Å²) in [6, 6.07) is 2.28. The average Bonchev–Trinajstić information content (AvgIpc) is 2.10. The van der Waals surface area contributed by atoms with Crippen LogP contribution >= 0.6 is 0 Å². The molecular formula is C9H8FNO4. The molecule has 0 aromatic heterocycles. The number of nitrogens with zero attached hydrogens (tertiary/aromatic N) is 1. The number of nitro groups is 1. The molecule has 6 heteroatoms. The summed E-state index contributed by atoms with van der Waals surface area (Å²) in [5.41, 5.74) is -0.449. The Labute approximate surface area is 84.3 Å². The Morgan fingerprint density at radius 1 is 1.60 bits per heavy atom. The van der Waals surface area contributed by atoms with Crippen molar-refractivity contribution in [3.05, 3.63) is 39.2 Å². The van der Waals surface area contributed by atoms with E-state index >= 15 is 0 Å². The lowest BCUT2D eigenvalue weighted by Gasteiger charge is -2.04. The number of carboxylic acid groups (broad SMARTS) is 1. The van der Waals surface area contributed by atoms with Gasteiger partial charge in [0.05, 0.1) is 11.3 Å². The van der Waals surface area contributed by atoms with Crippen molar-refractivity contribution in [2.75, 3.05) is 0 Å². The Morgan fingerprint density at radius 2 is 2.20 bits per heavy atom. The van der Waals surface area contributed by atoms with Crippen LogP contribution in [0.25, 0.3) is 0 Å². The summed E-state index contributed by atoms with van der Waals surface area (Å²) in [5, 5.41) is 19.1. The number of hydrogen-bond donors (Lipinski definition) is 1. The molecule has 0 fully saturated rings. The summed E-state index contributed by atoms with van der Waals surface area (Å²) >= 11 is 0. The van der Waals surface area contributed by atoms with E-state index in [0.717, 1.165) is 6.07 Å². The van der Waals surface area contributed by atoms with Crippen molar-refractivity contribution >= 4 is 11.7 Å². The Bertz CT molecular complexity index is 430. The number of benzene rings is 1. The van der Waals surface area contributed by atoms with Gasteiger partial charge in [-0.05, 0) is 18.6 Å². The van der Waals surface area contributed by atoms with Crippen LogP contribution in [-0.4, -0.2) is 16.0 Å². The number of halogens is 1. The molecule has 15 heavy (non-hydrogen) atoms. The molecule has 0 aliphatic heterocycles. The Morgan fingerprint density at radius 3 is 2.67 bits per heavy atom. The van der Waals surface area contributed by atoms with Crippen molar-refractivity contribution in [3.63, 3.8) is 0 Å². The summed E-state index contributed by atoms with van der Waals surface area (Å²) in [4.78, 5) is 20.1. The third-order valence-corrected chi connectivity index (χ3v) is 1.98. The third-order valence-electron chi connectivity index (χ3n) is 1.98. The molecule has 1 N–H and O–H groups in total. The first-order chi connectivity index (χ1) is 6.93. The molecule has 0 spiro atoms. The molecule has 0 atom stereocenters. The molecule has 0 aliphatic rings. The van der Waals surface area contributed by atoms with Crippen LogP contribution in [0, 0.1) is 22.9 Å². The van der Waals surface area contributed by atoms with E-state index in [1.165, 1.54) is 13.0 Å². The Hall–Kier alpha value is -1.98. The minimum atomic E-state index is -1.23. The van der Waals surface area contributed by atoms with Crippen LogP contribution in [0.2, 0.25) is 0 Å².